The quantitative estimate of drug-likeness (QED) is 0.0222. The number of carbonyl (C=O) groups is 4. The van der Waals surface area contributed by atoms with Crippen LogP contribution in [0.2, 0.25) is 0 Å². The third kappa shape index (κ3) is 66.7. The molecule has 546 valence electrons. The van der Waals surface area contributed by atoms with Crippen molar-refractivity contribution >= 4 is 39.5 Å². The molecule has 2 unspecified atom stereocenters. The molecule has 0 rings (SSSR count). The second-order valence-electron chi connectivity index (χ2n) is 27.3. The minimum Gasteiger partial charge on any atom is -0.462 e. The van der Waals surface area contributed by atoms with Crippen LogP contribution < -0.4 is 0 Å². The highest BCUT2D eigenvalue weighted by atomic mass is 31.2. The highest BCUT2D eigenvalue weighted by molar-refractivity contribution is 7.47. The average molecular weight is 1350 g/mol. The number of hydrogen-bond acceptors (Lipinski definition) is 15. The van der Waals surface area contributed by atoms with Crippen LogP contribution >= 0.6 is 15.6 Å². The molecule has 19 heteroatoms. The van der Waals surface area contributed by atoms with Crippen molar-refractivity contribution in [2.45, 2.75) is 394 Å². The standard InChI is InChI=1S/C73H142O17P2/c1-7-9-11-13-15-17-19-21-22-23-24-28-33-39-46-52-58-73(78)89-68(61-83-70(75)55-49-43-37-31-29-25-26-30-35-41-47-53-65(3)4)63-87-91(79,80)85-59-67(74)60-86-92(81,82)88-64-69(62-84-71(76)56-50-44-40-34-36-42-48-54-66(5)6)90-72(77)57-51-45-38-32-27-20-18-16-14-12-10-8-2/h65-69,74H,7-64H2,1-6H3,(H,79,80)(H,81,82)/t67-,68-,69-/m1/s1. The van der Waals surface area contributed by atoms with Crippen molar-refractivity contribution in [1.82, 2.24) is 0 Å². The van der Waals surface area contributed by atoms with Crippen molar-refractivity contribution in [3.63, 3.8) is 0 Å². The van der Waals surface area contributed by atoms with Gasteiger partial charge in [0.25, 0.3) is 0 Å². The van der Waals surface area contributed by atoms with Gasteiger partial charge in [0, 0.05) is 25.7 Å². The molecule has 3 N–H and O–H groups in total. The number of ether oxygens (including phenoxy) is 4. The van der Waals surface area contributed by atoms with Gasteiger partial charge in [0.2, 0.25) is 0 Å². The summed E-state index contributed by atoms with van der Waals surface area (Å²) in [5.74, 6) is -0.642. The van der Waals surface area contributed by atoms with Gasteiger partial charge in [0.1, 0.15) is 19.3 Å². The summed E-state index contributed by atoms with van der Waals surface area (Å²) in [6.07, 6.45) is 51.3. The molecule has 0 bridgehead atoms. The Labute approximate surface area is 562 Å². The molecule has 0 radical (unpaired) electrons. The third-order valence-corrected chi connectivity index (χ3v) is 18.9. The highest BCUT2D eigenvalue weighted by Crippen LogP contribution is 2.45. The Morgan fingerprint density at radius 2 is 0.500 bits per heavy atom. The van der Waals surface area contributed by atoms with Crippen molar-refractivity contribution < 1.29 is 80.2 Å². The maximum absolute atomic E-state index is 13.1. The topological polar surface area (TPSA) is 237 Å². The van der Waals surface area contributed by atoms with E-state index in [-0.39, 0.29) is 25.7 Å². The maximum atomic E-state index is 13.1. The molecule has 0 heterocycles. The van der Waals surface area contributed by atoms with Gasteiger partial charge in [-0.15, -0.1) is 0 Å². The molecule has 0 aromatic rings. The number of phosphoric ester groups is 2. The van der Waals surface area contributed by atoms with Gasteiger partial charge >= 0.3 is 39.5 Å². The Morgan fingerprint density at radius 3 is 0.739 bits per heavy atom. The van der Waals surface area contributed by atoms with Crippen molar-refractivity contribution in [3.8, 4) is 0 Å². The third-order valence-electron chi connectivity index (χ3n) is 17.0. The lowest BCUT2D eigenvalue weighted by Gasteiger charge is -2.21. The van der Waals surface area contributed by atoms with E-state index >= 15 is 0 Å². The first-order valence-electron chi connectivity index (χ1n) is 38.0. The molecule has 0 aliphatic rings. The van der Waals surface area contributed by atoms with Crippen LogP contribution in [0.25, 0.3) is 0 Å². The van der Waals surface area contributed by atoms with Crippen LogP contribution in [0.1, 0.15) is 375 Å². The Kier molecular flexibility index (Phi) is 63.7. The second-order valence-corrected chi connectivity index (χ2v) is 30.2. The van der Waals surface area contributed by atoms with Crippen LogP contribution in [-0.2, 0) is 65.4 Å². The zero-order valence-electron chi connectivity index (χ0n) is 59.9. The molecule has 0 aliphatic heterocycles. The SMILES string of the molecule is CCCCCCCCCCCCCCCCCCC(=O)O[C@H](COC(=O)CCCCCCCCCCCCCC(C)C)COP(=O)(O)OC[C@@H](O)COP(=O)(O)OC[C@@H](COC(=O)CCCCCCCCCC(C)C)OC(=O)CCCCCCCCCCCCCC. The molecule has 92 heavy (non-hydrogen) atoms. The number of carbonyl (C=O) groups excluding carboxylic acids is 4. The first kappa shape index (κ1) is 90.1. The molecule has 0 spiro atoms. The highest BCUT2D eigenvalue weighted by Gasteiger charge is 2.30. The summed E-state index contributed by atoms with van der Waals surface area (Å²) < 4.78 is 68.4. The van der Waals surface area contributed by atoms with E-state index in [1.165, 1.54) is 186 Å². The lowest BCUT2D eigenvalue weighted by Crippen LogP contribution is -2.30. The second kappa shape index (κ2) is 65.0. The van der Waals surface area contributed by atoms with Crippen LogP contribution in [0.5, 0.6) is 0 Å². The Balaban J connectivity index is 5.25. The number of unbranched alkanes of at least 4 members (excludes halogenated alkanes) is 42. The van der Waals surface area contributed by atoms with E-state index in [0.717, 1.165) is 102 Å². The predicted molar refractivity (Wildman–Crippen MR) is 372 cm³/mol. The van der Waals surface area contributed by atoms with E-state index in [1.54, 1.807) is 0 Å². The van der Waals surface area contributed by atoms with Gasteiger partial charge in [0.15, 0.2) is 12.2 Å². The summed E-state index contributed by atoms with van der Waals surface area (Å²) >= 11 is 0. The minimum absolute atomic E-state index is 0.107. The largest absolute Gasteiger partial charge is 0.472 e. The van der Waals surface area contributed by atoms with E-state index in [9.17, 15) is 43.2 Å². The fraction of sp³-hybridized carbons (Fsp3) is 0.945. The van der Waals surface area contributed by atoms with E-state index in [1.807, 2.05) is 0 Å². The maximum Gasteiger partial charge on any atom is 0.472 e. The molecule has 0 aliphatic carbocycles. The lowest BCUT2D eigenvalue weighted by atomic mass is 10.0. The molecular formula is C73H142O17P2. The number of aliphatic hydroxyl groups excluding tert-OH is 1. The fourth-order valence-electron chi connectivity index (χ4n) is 11.1. The van der Waals surface area contributed by atoms with Crippen LogP contribution in [-0.4, -0.2) is 96.7 Å². The molecule has 17 nitrogen and oxygen atoms in total. The van der Waals surface area contributed by atoms with Gasteiger partial charge in [-0.3, -0.25) is 37.3 Å². The van der Waals surface area contributed by atoms with Crippen molar-refractivity contribution in [2.24, 2.45) is 11.8 Å². The van der Waals surface area contributed by atoms with E-state index in [2.05, 4.69) is 41.5 Å². The molecule has 0 amide bonds. The van der Waals surface area contributed by atoms with Gasteiger partial charge < -0.3 is 33.8 Å². The predicted octanol–water partition coefficient (Wildman–Crippen LogP) is 21.2. The lowest BCUT2D eigenvalue weighted by molar-refractivity contribution is -0.161. The van der Waals surface area contributed by atoms with Gasteiger partial charge in [-0.2, -0.15) is 0 Å². The summed E-state index contributed by atoms with van der Waals surface area (Å²) in [5.41, 5.74) is 0. The van der Waals surface area contributed by atoms with Crippen LogP contribution in [0, 0.1) is 11.8 Å². The number of aliphatic hydroxyl groups is 1. The molecule has 0 fully saturated rings. The fourth-order valence-corrected chi connectivity index (χ4v) is 12.7. The minimum atomic E-state index is -4.95. The first-order valence-corrected chi connectivity index (χ1v) is 41.0. The monoisotopic (exact) mass is 1350 g/mol. The normalized spacial score (nSPS) is 14.1. The smallest absolute Gasteiger partial charge is 0.462 e. The molecule has 5 atom stereocenters. The van der Waals surface area contributed by atoms with E-state index in [4.69, 9.17) is 37.0 Å². The van der Waals surface area contributed by atoms with Crippen LogP contribution in [0.15, 0.2) is 0 Å². The van der Waals surface area contributed by atoms with Crippen LogP contribution in [0.3, 0.4) is 0 Å². The number of rotatable bonds is 72. The van der Waals surface area contributed by atoms with Crippen LogP contribution in [0.4, 0.5) is 0 Å². The molecule has 0 saturated heterocycles. The van der Waals surface area contributed by atoms with Gasteiger partial charge in [-0.05, 0) is 37.5 Å². The van der Waals surface area contributed by atoms with Crippen molar-refractivity contribution in [1.29, 1.82) is 0 Å². The summed E-state index contributed by atoms with van der Waals surface area (Å²) in [7, 11) is -9.90. The zero-order valence-corrected chi connectivity index (χ0v) is 61.6. The van der Waals surface area contributed by atoms with Gasteiger partial charge in [-0.25, -0.2) is 9.13 Å². The molecule has 0 saturated carbocycles. The summed E-state index contributed by atoms with van der Waals surface area (Å²) in [6, 6.07) is 0. The Bertz CT molecular complexity index is 1790. The zero-order chi connectivity index (χ0) is 67.9. The number of phosphoric acid groups is 2. The first-order chi connectivity index (χ1) is 44.4. The van der Waals surface area contributed by atoms with Gasteiger partial charge in [0.05, 0.1) is 26.4 Å². The van der Waals surface area contributed by atoms with Crippen molar-refractivity contribution in [3.05, 3.63) is 0 Å². The molecular weight excluding hydrogens is 1210 g/mol. The summed E-state index contributed by atoms with van der Waals surface area (Å²) in [6.45, 7) is 9.53. The number of hydrogen-bond donors (Lipinski definition) is 3. The summed E-state index contributed by atoms with van der Waals surface area (Å²) in [5, 5.41) is 10.6. The van der Waals surface area contributed by atoms with E-state index < -0.39 is 97.5 Å². The Morgan fingerprint density at radius 1 is 0.293 bits per heavy atom. The molecule has 0 aromatic heterocycles. The Hall–Kier alpha value is -1.94. The van der Waals surface area contributed by atoms with E-state index in [0.29, 0.717) is 31.6 Å². The average Bonchev–Trinajstić information content (AvgIpc) is 3.72. The summed E-state index contributed by atoms with van der Waals surface area (Å²) in [4.78, 5) is 72.7. The van der Waals surface area contributed by atoms with Gasteiger partial charge in [-0.1, -0.05) is 324 Å². The molecule has 0 aromatic carbocycles. The van der Waals surface area contributed by atoms with Crippen molar-refractivity contribution in [2.75, 3.05) is 39.6 Å². The number of esters is 4.